The Morgan fingerprint density at radius 1 is 0.338 bits per heavy atom. The maximum absolute atomic E-state index is 12.5. The molecule has 80 heavy (non-hydrogen) atoms. The standard InChI is InChI=1S/C74H143NO5/c1-3-5-7-9-11-13-15-17-19-21-22-23-24-25-26-28-31-35-38-42-46-50-54-58-62-66-72(77)71(70-76)75-73(78)67-63-59-55-51-47-43-39-36-32-29-27-30-33-37-41-45-49-53-57-61-65-69-80-74(79)68-64-60-56-52-48-44-40-34-20-18-16-14-12-10-8-6-4-2/h29,32,62,66,71-72,76-77H,3-28,30-31,33-61,63-65,67-70H2,1-2H3,(H,75,78)/b32-29-,66-62+. The van der Waals surface area contributed by atoms with Crippen molar-refractivity contribution in [3.63, 3.8) is 0 Å². The number of carbonyl (C=O) groups excluding carboxylic acids is 2. The van der Waals surface area contributed by atoms with Crippen molar-refractivity contribution in [2.75, 3.05) is 13.2 Å². The molecule has 0 fully saturated rings. The van der Waals surface area contributed by atoms with Crippen molar-refractivity contribution in [2.45, 2.75) is 424 Å². The van der Waals surface area contributed by atoms with Crippen molar-refractivity contribution >= 4 is 11.9 Å². The quantitative estimate of drug-likeness (QED) is 0.0320. The molecule has 0 aromatic carbocycles. The summed E-state index contributed by atoms with van der Waals surface area (Å²) >= 11 is 0. The van der Waals surface area contributed by atoms with E-state index < -0.39 is 12.1 Å². The predicted octanol–water partition coefficient (Wildman–Crippen LogP) is 23.7. The molecule has 0 bridgehead atoms. The molecule has 2 atom stereocenters. The van der Waals surface area contributed by atoms with Gasteiger partial charge in [-0.25, -0.2) is 0 Å². The molecule has 0 saturated carbocycles. The Morgan fingerprint density at radius 3 is 0.887 bits per heavy atom. The maximum Gasteiger partial charge on any atom is 0.305 e. The van der Waals surface area contributed by atoms with E-state index in [2.05, 4.69) is 31.3 Å². The predicted molar refractivity (Wildman–Crippen MR) is 352 cm³/mol. The summed E-state index contributed by atoms with van der Waals surface area (Å²) in [5.41, 5.74) is 0. The van der Waals surface area contributed by atoms with Crippen LogP contribution in [-0.4, -0.2) is 47.4 Å². The molecule has 0 aliphatic heterocycles. The van der Waals surface area contributed by atoms with Crippen LogP contribution >= 0.6 is 0 Å². The highest BCUT2D eigenvalue weighted by Gasteiger charge is 2.18. The molecule has 0 rings (SSSR count). The molecule has 3 N–H and O–H groups in total. The van der Waals surface area contributed by atoms with Gasteiger partial charge in [-0.1, -0.05) is 366 Å². The van der Waals surface area contributed by atoms with Crippen LogP contribution in [0.25, 0.3) is 0 Å². The third-order valence-electron chi connectivity index (χ3n) is 17.2. The molecule has 0 radical (unpaired) electrons. The number of unbranched alkanes of at least 4 members (excludes halogenated alkanes) is 56. The molecular weight excluding hydrogens is 983 g/mol. The number of ether oxygens (including phenoxy) is 1. The molecule has 0 heterocycles. The highest BCUT2D eigenvalue weighted by molar-refractivity contribution is 5.76. The molecule has 6 nitrogen and oxygen atoms in total. The molecule has 0 spiro atoms. The van der Waals surface area contributed by atoms with Crippen LogP contribution in [0.5, 0.6) is 0 Å². The highest BCUT2D eigenvalue weighted by atomic mass is 16.5. The fourth-order valence-corrected chi connectivity index (χ4v) is 11.6. The van der Waals surface area contributed by atoms with Gasteiger partial charge in [-0.3, -0.25) is 9.59 Å². The van der Waals surface area contributed by atoms with E-state index in [1.54, 1.807) is 6.08 Å². The zero-order chi connectivity index (χ0) is 57.8. The summed E-state index contributed by atoms with van der Waals surface area (Å²) in [5, 5.41) is 23.3. The largest absolute Gasteiger partial charge is 0.466 e. The van der Waals surface area contributed by atoms with Gasteiger partial charge in [0, 0.05) is 12.8 Å². The molecule has 2 unspecified atom stereocenters. The first-order chi connectivity index (χ1) is 39.5. The number of rotatable bonds is 69. The Morgan fingerprint density at radius 2 is 0.588 bits per heavy atom. The van der Waals surface area contributed by atoms with Gasteiger partial charge in [0.05, 0.1) is 25.4 Å². The van der Waals surface area contributed by atoms with Crippen molar-refractivity contribution < 1.29 is 24.5 Å². The second-order valence-electron chi connectivity index (χ2n) is 25.3. The van der Waals surface area contributed by atoms with Crippen LogP contribution in [0.2, 0.25) is 0 Å². The minimum atomic E-state index is -0.851. The molecular formula is C74H143NO5. The molecule has 1 amide bonds. The SMILES string of the molecule is CCCCCCCCCCCCCCCCCCCCCCCCC/C=C/C(O)C(CO)NC(=O)CCCCCCCCC/C=C\CCCCCCCCCCCCOC(=O)CCCCCCCCCCCCCCCCCCC. The van der Waals surface area contributed by atoms with Gasteiger partial charge in [0.2, 0.25) is 5.91 Å². The van der Waals surface area contributed by atoms with E-state index in [1.165, 1.54) is 340 Å². The lowest BCUT2D eigenvalue weighted by atomic mass is 10.0. The fraction of sp³-hybridized carbons (Fsp3) is 0.919. The number of hydrogen-bond donors (Lipinski definition) is 3. The average Bonchev–Trinajstić information content (AvgIpc) is 3.46. The van der Waals surface area contributed by atoms with Gasteiger partial charge >= 0.3 is 5.97 Å². The Labute approximate surface area is 501 Å². The number of esters is 1. The van der Waals surface area contributed by atoms with Gasteiger partial charge in [-0.05, 0) is 57.8 Å². The van der Waals surface area contributed by atoms with E-state index in [0.29, 0.717) is 19.4 Å². The lowest BCUT2D eigenvalue weighted by molar-refractivity contribution is -0.143. The van der Waals surface area contributed by atoms with E-state index >= 15 is 0 Å². The van der Waals surface area contributed by atoms with Crippen LogP contribution in [0.4, 0.5) is 0 Å². The van der Waals surface area contributed by atoms with E-state index in [9.17, 15) is 19.8 Å². The summed E-state index contributed by atoms with van der Waals surface area (Å²) in [6.45, 7) is 4.94. The summed E-state index contributed by atoms with van der Waals surface area (Å²) < 4.78 is 5.50. The van der Waals surface area contributed by atoms with Crippen LogP contribution in [-0.2, 0) is 14.3 Å². The van der Waals surface area contributed by atoms with Crippen LogP contribution in [0.1, 0.15) is 412 Å². The Bertz CT molecular complexity index is 1250. The molecule has 474 valence electrons. The average molecular weight is 1130 g/mol. The normalized spacial score (nSPS) is 12.6. The number of amides is 1. The zero-order valence-electron chi connectivity index (χ0n) is 54.3. The molecule has 0 aromatic rings. The molecule has 0 aliphatic rings. The summed E-state index contributed by atoms with van der Waals surface area (Å²) in [7, 11) is 0. The van der Waals surface area contributed by atoms with E-state index in [0.717, 1.165) is 44.9 Å². The monoisotopic (exact) mass is 1130 g/mol. The van der Waals surface area contributed by atoms with Gasteiger partial charge < -0.3 is 20.3 Å². The molecule has 0 aromatic heterocycles. The second-order valence-corrected chi connectivity index (χ2v) is 25.3. The van der Waals surface area contributed by atoms with Gasteiger partial charge in [-0.15, -0.1) is 0 Å². The highest BCUT2D eigenvalue weighted by Crippen LogP contribution is 2.19. The smallest absolute Gasteiger partial charge is 0.305 e. The van der Waals surface area contributed by atoms with Crippen molar-refractivity contribution in [1.82, 2.24) is 5.32 Å². The van der Waals surface area contributed by atoms with Crippen LogP contribution in [0, 0.1) is 0 Å². The van der Waals surface area contributed by atoms with Crippen LogP contribution in [0.3, 0.4) is 0 Å². The third-order valence-corrected chi connectivity index (χ3v) is 17.2. The first-order valence-electron chi connectivity index (χ1n) is 36.6. The van der Waals surface area contributed by atoms with Crippen molar-refractivity contribution in [1.29, 1.82) is 0 Å². The first-order valence-corrected chi connectivity index (χ1v) is 36.6. The lowest BCUT2D eigenvalue weighted by Crippen LogP contribution is -2.45. The summed E-state index contributed by atoms with van der Waals surface area (Å²) in [4.78, 5) is 24.6. The van der Waals surface area contributed by atoms with Crippen molar-refractivity contribution in [3.8, 4) is 0 Å². The van der Waals surface area contributed by atoms with Gasteiger partial charge in [0.25, 0.3) is 0 Å². The summed E-state index contributed by atoms with van der Waals surface area (Å²) in [5.74, 6) is -0.0584. The van der Waals surface area contributed by atoms with Crippen molar-refractivity contribution in [3.05, 3.63) is 24.3 Å². The Hall–Kier alpha value is -1.66. The van der Waals surface area contributed by atoms with Crippen LogP contribution in [0.15, 0.2) is 24.3 Å². The topological polar surface area (TPSA) is 95.9 Å². The summed E-state index contributed by atoms with van der Waals surface area (Å²) in [6.07, 6.45) is 88.3. The minimum absolute atomic E-state index is 0.0126. The molecule has 0 saturated heterocycles. The van der Waals surface area contributed by atoms with E-state index in [-0.39, 0.29) is 18.5 Å². The van der Waals surface area contributed by atoms with Crippen LogP contribution < -0.4 is 5.32 Å². The maximum atomic E-state index is 12.5. The third kappa shape index (κ3) is 65.5. The van der Waals surface area contributed by atoms with Gasteiger partial charge in [-0.2, -0.15) is 0 Å². The number of aliphatic hydroxyl groups excluding tert-OH is 2. The van der Waals surface area contributed by atoms with Gasteiger partial charge in [0.1, 0.15) is 0 Å². The number of allylic oxidation sites excluding steroid dienone is 3. The number of aliphatic hydroxyl groups is 2. The number of hydrogen-bond acceptors (Lipinski definition) is 5. The fourth-order valence-electron chi connectivity index (χ4n) is 11.6. The molecule has 6 heteroatoms. The zero-order valence-corrected chi connectivity index (χ0v) is 54.3. The van der Waals surface area contributed by atoms with Gasteiger partial charge in [0.15, 0.2) is 0 Å². The van der Waals surface area contributed by atoms with E-state index in [4.69, 9.17) is 4.74 Å². The second kappa shape index (κ2) is 69.8. The van der Waals surface area contributed by atoms with Crippen molar-refractivity contribution in [2.24, 2.45) is 0 Å². The lowest BCUT2D eigenvalue weighted by Gasteiger charge is -2.20. The Balaban J connectivity index is 3.43. The minimum Gasteiger partial charge on any atom is -0.466 e. The number of carbonyl (C=O) groups is 2. The first kappa shape index (κ1) is 78.3. The molecule has 0 aliphatic carbocycles. The van der Waals surface area contributed by atoms with E-state index in [1.807, 2.05) is 6.08 Å². The number of nitrogens with one attached hydrogen (secondary N) is 1. The summed E-state index contributed by atoms with van der Waals surface area (Å²) in [6, 6.07) is -0.635. The Kier molecular flexibility index (Phi) is 68.4.